The van der Waals surface area contributed by atoms with Crippen LogP contribution in [0.1, 0.15) is 64.5 Å². The minimum absolute atomic E-state index is 0.123. The van der Waals surface area contributed by atoms with Crippen LogP contribution in [0.4, 0.5) is 5.82 Å². The topological polar surface area (TPSA) is 71.4 Å². The van der Waals surface area contributed by atoms with Crippen LogP contribution in [0.3, 0.4) is 0 Å². The van der Waals surface area contributed by atoms with Crippen molar-refractivity contribution in [2.45, 2.75) is 64.0 Å². The van der Waals surface area contributed by atoms with Gasteiger partial charge in [0.2, 0.25) is 0 Å². The first-order valence-electron chi connectivity index (χ1n) is 11.6. The van der Waals surface area contributed by atoms with Crippen molar-refractivity contribution < 1.29 is 9.59 Å². The Bertz CT molecular complexity index is 1180. The lowest BCUT2D eigenvalue weighted by Gasteiger charge is -2.41. The van der Waals surface area contributed by atoms with Crippen molar-refractivity contribution >= 4 is 62.2 Å². The molecule has 2 aliphatic rings. The summed E-state index contributed by atoms with van der Waals surface area (Å²) in [5.41, 5.74) is 4.42. The van der Waals surface area contributed by atoms with Gasteiger partial charge in [-0.05, 0) is 75.5 Å². The standard InChI is InChI=1S/C26H30BrN3O2S2/c1-6-15-13-34-25(33-7-2)21(15)23-20(24(32)30-19-9-8-16(27)12-28-19)14(3)29-17-10-26(4,5)11-18(31)22(17)23/h8-9,12-13,22-23H,6-7,10-11H2,1-5H3,(H,28,30,32). The fourth-order valence-electron chi connectivity index (χ4n) is 5.06. The first kappa shape index (κ1) is 25.3. The molecule has 180 valence electrons. The average molecular weight is 561 g/mol. The molecule has 34 heavy (non-hydrogen) atoms. The van der Waals surface area contributed by atoms with E-state index in [1.165, 1.54) is 9.77 Å². The molecule has 1 N–H and O–H groups in total. The Labute approximate surface area is 218 Å². The number of nitrogens with one attached hydrogen (secondary N) is 1. The van der Waals surface area contributed by atoms with E-state index in [1.807, 2.05) is 13.0 Å². The Balaban J connectivity index is 1.87. The minimum Gasteiger partial charge on any atom is -0.307 e. The first-order chi connectivity index (χ1) is 16.1. The largest absolute Gasteiger partial charge is 0.307 e. The van der Waals surface area contributed by atoms with E-state index in [0.717, 1.165) is 34.3 Å². The molecule has 0 spiro atoms. The second-order valence-corrected chi connectivity index (χ2v) is 12.9. The number of fused-ring (bicyclic) bond motifs is 1. The van der Waals surface area contributed by atoms with E-state index in [4.69, 9.17) is 4.99 Å². The van der Waals surface area contributed by atoms with Gasteiger partial charge in [0.25, 0.3) is 5.91 Å². The van der Waals surface area contributed by atoms with E-state index in [1.54, 1.807) is 35.4 Å². The molecule has 3 heterocycles. The maximum Gasteiger partial charge on any atom is 0.255 e. The van der Waals surface area contributed by atoms with Crippen molar-refractivity contribution in [3.05, 3.63) is 50.6 Å². The fraction of sp³-hybridized carbons (Fsp3) is 0.462. The van der Waals surface area contributed by atoms with Crippen LogP contribution in [0.2, 0.25) is 0 Å². The number of halogens is 1. The lowest BCUT2D eigenvalue weighted by molar-refractivity contribution is -0.124. The second-order valence-electron chi connectivity index (χ2n) is 9.61. The number of allylic oxidation sites excluding steroid dienone is 1. The van der Waals surface area contributed by atoms with Crippen LogP contribution >= 0.6 is 39.0 Å². The van der Waals surface area contributed by atoms with E-state index in [0.29, 0.717) is 23.5 Å². The highest BCUT2D eigenvalue weighted by Crippen LogP contribution is 2.51. The third-order valence-electron chi connectivity index (χ3n) is 6.42. The number of amides is 1. The highest BCUT2D eigenvalue weighted by molar-refractivity contribution is 9.10. The Morgan fingerprint density at radius 3 is 2.68 bits per heavy atom. The number of thiophene rings is 1. The molecule has 0 aromatic carbocycles. The Hall–Kier alpha value is -1.77. The molecule has 1 fully saturated rings. The molecule has 0 saturated heterocycles. The summed E-state index contributed by atoms with van der Waals surface area (Å²) in [6, 6.07) is 3.61. The molecule has 2 atom stereocenters. The van der Waals surface area contributed by atoms with E-state index < -0.39 is 5.92 Å². The maximum atomic E-state index is 13.7. The number of Topliss-reactive ketones (excluding diaryl/α,β-unsaturated/α-hetero) is 1. The number of aromatic nitrogens is 1. The maximum absolute atomic E-state index is 13.7. The van der Waals surface area contributed by atoms with Crippen LogP contribution in [0.15, 0.2) is 48.7 Å². The molecule has 4 rings (SSSR count). The SMILES string of the molecule is CCSc1scc(CC)c1C1C(C(=O)Nc2ccc(Br)cn2)=C(C)N=C2CC(C)(C)CC(=O)C21. The first-order valence-corrected chi connectivity index (χ1v) is 14.3. The Kier molecular flexibility index (Phi) is 7.50. The van der Waals surface area contributed by atoms with Crippen LogP contribution in [0.25, 0.3) is 0 Å². The number of ketones is 1. The number of pyridine rings is 1. The molecule has 1 aliphatic carbocycles. The van der Waals surface area contributed by atoms with Crippen LogP contribution in [-0.4, -0.2) is 28.1 Å². The number of carbonyl (C=O) groups is 2. The zero-order valence-electron chi connectivity index (χ0n) is 20.2. The van der Waals surface area contributed by atoms with Gasteiger partial charge in [-0.3, -0.25) is 14.6 Å². The number of rotatable bonds is 6. The number of aryl methyl sites for hydroxylation is 1. The number of aliphatic imine (C=N–C) groups is 1. The third-order valence-corrected chi connectivity index (χ3v) is 9.14. The van der Waals surface area contributed by atoms with Crippen LogP contribution in [0.5, 0.6) is 0 Å². The number of carbonyl (C=O) groups excluding carboxylic acids is 2. The Morgan fingerprint density at radius 1 is 1.26 bits per heavy atom. The third kappa shape index (κ3) is 4.95. The van der Waals surface area contributed by atoms with Gasteiger partial charge in [0, 0.05) is 40.0 Å². The number of hydrogen-bond donors (Lipinski definition) is 1. The fourth-order valence-corrected chi connectivity index (χ4v) is 7.67. The number of anilines is 1. The van der Waals surface area contributed by atoms with Gasteiger partial charge in [-0.2, -0.15) is 0 Å². The molecule has 2 unspecified atom stereocenters. The Morgan fingerprint density at radius 2 is 2.03 bits per heavy atom. The van der Waals surface area contributed by atoms with Crippen molar-refractivity contribution in [1.29, 1.82) is 0 Å². The normalized spacial score (nSPS) is 21.8. The average Bonchev–Trinajstić information content (AvgIpc) is 3.16. The molecule has 8 heteroatoms. The van der Waals surface area contributed by atoms with Gasteiger partial charge in [-0.15, -0.1) is 23.1 Å². The predicted octanol–water partition coefficient (Wildman–Crippen LogP) is 7.04. The van der Waals surface area contributed by atoms with Gasteiger partial charge in [-0.1, -0.05) is 27.7 Å². The summed E-state index contributed by atoms with van der Waals surface area (Å²) in [7, 11) is 0. The highest BCUT2D eigenvalue weighted by atomic mass is 79.9. The molecular weight excluding hydrogens is 530 g/mol. The summed E-state index contributed by atoms with van der Waals surface area (Å²) in [4.78, 5) is 36.6. The van der Waals surface area contributed by atoms with Crippen molar-refractivity contribution in [1.82, 2.24) is 4.98 Å². The quantitative estimate of drug-likeness (QED) is 0.385. The lowest BCUT2D eigenvalue weighted by atomic mass is 9.63. The molecule has 1 aliphatic heterocycles. The van der Waals surface area contributed by atoms with Gasteiger partial charge in [0.15, 0.2) is 0 Å². The number of thioether (sulfide) groups is 1. The van der Waals surface area contributed by atoms with Crippen molar-refractivity contribution in [2.24, 2.45) is 16.3 Å². The van der Waals surface area contributed by atoms with Gasteiger partial charge in [0.1, 0.15) is 11.6 Å². The van der Waals surface area contributed by atoms with E-state index in [9.17, 15) is 9.59 Å². The molecule has 0 radical (unpaired) electrons. The minimum atomic E-state index is -0.397. The summed E-state index contributed by atoms with van der Waals surface area (Å²) in [6.45, 7) is 10.4. The molecule has 0 bridgehead atoms. The van der Waals surface area contributed by atoms with Crippen molar-refractivity contribution in [2.75, 3.05) is 11.1 Å². The van der Waals surface area contributed by atoms with E-state index >= 15 is 0 Å². The van der Waals surface area contributed by atoms with Crippen molar-refractivity contribution in [3.63, 3.8) is 0 Å². The molecular formula is C26H30BrN3O2S2. The van der Waals surface area contributed by atoms with Gasteiger partial charge < -0.3 is 5.32 Å². The summed E-state index contributed by atoms with van der Waals surface area (Å²) in [5, 5.41) is 5.16. The monoisotopic (exact) mass is 559 g/mol. The van der Waals surface area contributed by atoms with Crippen LogP contribution in [-0.2, 0) is 16.0 Å². The molecule has 5 nitrogen and oxygen atoms in total. The second kappa shape index (κ2) is 10.1. The van der Waals surface area contributed by atoms with Gasteiger partial charge in [0.05, 0.1) is 10.1 Å². The molecule has 2 aromatic rings. The zero-order valence-corrected chi connectivity index (χ0v) is 23.4. The lowest BCUT2D eigenvalue weighted by Crippen LogP contribution is -2.44. The van der Waals surface area contributed by atoms with Crippen LogP contribution in [0, 0.1) is 11.3 Å². The molecule has 1 saturated carbocycles. The summed E-state index contributed by atoms with van der Waals surface area (Å²) in [5.74, 6) is 0.623. The smallest absolute Gasteiger partial charge is 0.255 e. The summed E-state index contributed by atoms with van der Waals surface area (Å²) >= 11 is 6.89. The molecule has 1 amide bonds. The summed E-state index contributed by atoms with van der Waals surface area (Å²) < 4.78 is 2.04. The number of nitrogens with zero attached hydrogens (tertiary/aromatic N) is 2. The predicted molar refractivity (Wildman–Crippen MR) is 145 cm³/mol. The highest BCUT2D eigenvalue weighted by Gasteiger charge is 2.48. The van der Waals surface area contributed by atoms with Gasteiger partial charge in [-0.25, -0.2) is 4.98 Å². The summed E-state index contributed by atoms with van der Waals surface area (Å²) in [6.07, 6.45) is 3.77. The van der Waals surface area contributed by atoms with Gasteiger partial charge >= 0.3 is 0 Å². The zero-order chi connectivity index (χ0) is 24.6. The van der Waals surface area contributed by atoms with Crippen molar-refractivity contribution in [3.8, 4) is 0 Å². The molecule has 2 aromatic heterocycles. The van der Waals surface area contributed by atoms with E-state index in [2.05, 4.69) is 59.3 Å². The van der Waals surface area contributed by atoms with E-state index in [-0.39, 0.29) is 23.0 Å². The number of hydrogen-bond acceptors (Lipinski definition) is 6. The van der Waals surface area contributed by atoms with Crippen LogP contribution < -0.4 is 5.32 Å².